The Kier molecular flexibility index (Phi) is 7.69. The van der Waals surface area contributed by atoms with Gasteiger partial charge in [0.25, 0.3) is 0 Å². The van der Waals surface area contributed by atoms with Gasteiger partial charge in [-0.1, -0.05) is 6.92 Å². The minimum absolute atomic E-state index is 0.00232. The summed E-state index contributed by atoms with van der Waals surface area (Å²) in [4.78, 5) is 11.9. The molecule has 0 saturated carbocycles. The van der Waals surface area contributed by atoms with E-state index in [1.807, 2.05) is 26.0 Å². The van der Waals surface area contributed by atoms with Gasteiger partial charge in [0.05, 0.1) is 19.1 Å². The molecule has 0 aliphatic heterocycles. The van der Waals surface area contributed by atoms with Crippen molar-refractivity contribution in [1.82, 2.24) is 5.32 Å². The normalized spacial score (nSPS) is 11.5. The minimum Gasteiger partial charge on any atom is -0.472 e. The van der Waals surface area contributed by atoms with E-state index in [-0.39, 0.29) is 12.2 Å². The van der Waals surface area contributed by atoms with Crippen molar-refractivity contribution in [2.75, 3.05) is 19.8 Å². The van der Waals surface area contributed by atoms with E-state index >= 15 is 0 Å². The van der Waals surface area contributed by atoms with Crippen LogP contribution in [0.15, 0.2) is 34.3 Å². The van der Waals surface area contributed by atoms with Gasteiger partial charge in [-0.15, -0.1) is 0 Å². The van der Waals surface area contributed by atoms with Crippen molar-refractivity contribution in [3.63, 3.8) is 0 Å². The predicted molar refractivity (Wildman–Crippen MR) is 75.9 cm³/mol. The van der Waals surface area contributed by atoms with Crippen LogP contribution in [0, 0.1) is 11.3 Å². The maximum Gasteiger partial charge on any atom is 0.350 e. The van der Waals surface area contributed by atoms with Crippen molar-refractivity contribution >= 4 is 5.97 Å². The Labute approximate surface area is 124 Å². The predicted octanol–water partition coefficient (Wildman–Crippen LogP) is 2.14. The van der Waals surface area contributed by atoms with Crippen molar-refractivity contribution < 1.29 is 18.7 Å². The molecular weight excluding hydrogens is 272 g/mol. The number of esters is 1. The van der Waals surface area contributed by atoms with Gasteiger partial charge >= 0.3 is 5.97 Å². The molecule has 6 nitrogen and oxygen atoms in total. The maximum absolute atomic E-state index is 11.9. The molecule has 0 bridgehead atoms. The van der Waals surface area contributed by atoms with Gasteiger partial charge in [0, 0.05) is 24.4 Å². The van der Waals surface area contributed by atoms with Crippen molar-refractivity contribution in [1.29, 1.82) is 5.26 Å². The van der Waals surface area contributed by atoms with Crippen LogP contribution in [-0.4, -0.2) is 25.8 Å². The number of nitriles is 1. The van der Waals surface area contributed by atoms with Crippen molar-refractivity contribution in [3.05, 3.63) is 35.4 Å². The molecule has 0 atom stereocenters. The number of nitrogens with one attached hydrogen (secondary N) is 1. The first-order valence-electron chi connectivity index (χ1n) is 6.85. The molecule has 1 rings (SSSR count). The van der Waals surface area contributed by atoms with Crippen LogP contribution in [0.3, 0.4) is 0 Å². The second-order valence-corrected chi connectivity index (χ2v) is 4.14. The van der Waals surface area contributed by atoms with E-state index in [2.05, 4.69) is 5.32 Å². The highest BCUT2D eigenvalue weighted by molar-refractivity contribution is 5.93. The van der Waals surface area contributed by atoms with Gasteiger partial charge < -0.3 is 19.2 Å². The standard InChI is InChI=1S/C15H20N2O4/c1-3-14(17-10-12-5-6-20-11-12)13(9-16)15(18)21-8-7-19-4-2/h5-6,11,17H,3-4,7-8,10H2,1-2H3/b14-13-. The molecule has 0 spiro atoms. The van der Waals surface area contributed by atoms with E-state index in [9.17, 15) is 4.79 Å². The summed E-state index contributed by atoms with van der Waals surface area (Å²) in [6.45, 7) is 5.23. The monoisotopic (exact) mass is 292 g/mol. The Bertz CT molecular complexity index is 500. The summed E-state index contributed by atoms with van der Waals surface area (Å²) in [6, 6.07) is 3.71. The number of carbonyl (C=O) groups is 1. The zero-order chi connectivity index (χ0) is 15.5. The van der Waals surface area contributed by atoms with Gasteiger partial charge in [-0.05, 0) is 19.4 Å². The number of ether oxygens (including phenoxy) is 2. The lowest BCUT2D eigenvalue weighted by Gasteiger charge is -2.11. The Morgan fingerprint density at radius 2 is 2.24 bits per heavy atom. The van der Waals surface area contributed by atoms with Crippen LogP contribution in [0.4, 0.5) is 0 Å². The molecule has 1 heterocycles. The van der Waals surface area contributed by atoms with Crippen LogP contribution < -0.4 is 5.32 Å². The van der Waals surface area contributed by atoms with Gasteiger partial charge in [-0.25, -0.2) is 4.79 Å². The topological polar surface area (TPSA) is 84.5 Å². The highest BCUT2D eigenvalue weighted by Crippen LogP contribution is 2.09. The summed E-state index contributed by atoms with van der Waals surface area (Å²) >= 11 is 0. The Morgan fingerprint density at radius 3 is 2.81 bits per heavy atom. The van der Waals surface area contributed by atoms with E-state index in [1.54, 1.807) is 12.5 Å². The third-order valence-corrected chi connectivity index (χ3v) is 2.72. The highest BCUT2D eigenvalue weighted by atomic mass is 16.6. The van der Waals surface area contributed by atoms with Crippen molar-refractivity contribution in [3.8, 4) is 6.07 Å². The molecule has 0 saturated heterocycles. The molecular formula is C15H20N2O4. The van der Waals surface area contributed by atoms with Gasteiger partial charge in [-0.3, -0.25) is 0 Å². The molecule has 0 amide bonds. The van der Waals surface area contributed by atoms with Crippen LogP contribution in [0.2, 0.25) is 0 Å². The first-order chi connectivity index (χ1) is 10.2. The van der Waals surface area contributed by atoms with E-state index in [4.69, 9.17) is 19.2 Å². The Balaban J connectivity index is 2.62. The van der Waals surface area contributed by atoms with Gasteiger partial charge in [0.15, 0.2) is 5.57 Å². The van der Waals surface area contributed by atoms with Crippen LogP contribution in [0.1, 0.15) is 25.8 Å². The molecule has 1 aromatic heterocycles. The average molecular weight is 292 g/mol. The fourth-order valence-electron chi connectivity index (χ4n) is 1.64. The Hall–Kier alpha value is -2.26. The molecule has 0 radical (unpaired) electrons. The second-order valence-electron chi connectivity index (χ2n) is 4.14. The van der Waals surface area contributed by atoms with E-state index in [1.165, 1.54) is 0 Å². The summed E-state index contributed by atoms with van der Waals surface area (Å²) in [5.41, 5.74) is 1.49. The quantitative estimate of drug-likeness (QED) is 0.325. The maximum atomic E-state index is 11.9. The fourth-order valence-corrected chi connectivity index (χ4v) is 1.64. The number of hydrogen-bond acceptors (Lipinski definition) is 6. The third-order valence-electron chi connectivity index (χ3n) is 2.72. The van der Waals surface area contributed by atoms with Crippen molar-refractivity contribution in [2.45, 2.75) is 26.8 Å². The lowest BCUT2D eigenvalue weighted by atomic mass is 10.1. The molecule has 0 unspecified atom stereocenters. The van der Waals surface area contributed by atoms with E-state index < -0.39 is 5.97 Å². The molecule has 1 aromatic rings. The van der Waals surface area contributed by atoms with Gasteiger partial charge in [0.1, 0.15) is 12.7 Å². The summed E-state index contributed by atoms with van der Waals surface area (Å²) in [5.74, 6) is -0.631. The zero-order valence-electron chi connectivity index (χ0n) is 12.3. The van der Waals surface area contributed by atoms with Crippen molar-refractivity contribution in [2.24, 2.45) is 0 Å². The molecule has 0 aliphatic rings. The van der Waals surface area contributed by atoms with E-state index in [0.29, 0.717) is 31.9 Å². The molecule has 21 heavy (non-hydrogen) atoms. The van der Waals surface area contributed by atoms with Gasteiger partial charge in [-0.2, -0.15) is 5.26 Å². The first-order valence-corrected chi connectivity index (χ1v) is 6.85. The number of rotatable bonds is 9. The largest absolute Gasteiger partial charge is 0.472 e. The molecule has 0 fully saturated rings. The van der Waals surface area contributed by atoms with E-state index in [0.717, 1.165) is 5.56 Å². The van der Waals surface area contributed by atoms with Crippen LogP contribution in [-0.2, 0) is 20.8 Å². The highest BCUT2D eigenvalue weighted by Gasteiger charge is 2.16. The average Bonchev–Trinajstić information content (AvgIpc) is 3.01. The molecule has 0 aromatic carbocycles. The summed E-state index contributed by atoms with van der Waals surface area (Å²) in [7, 11) is 0. The second kappa shape index (κ2) is 9.61. The molecule has 114 valence electrons. The lowest BCUT2D eigenvalue weighted by molar-refractivity contribution is -0.140. The molecule has 0 aliphatic carbocycles. The van der Waals surface area contributed by atoms with Gasteiger partial charge in [0.2, 0.25) is 0 Å². The Morgan fingerprint density at radius 1 is 1.43 bits per heavy atom. The minimum atomic E-state index is -0.631. The summed E-state index contributed by atoms with van der Waals surface area (Å²) in [5, 5.41) is 12.2. The van der Waals surface area contributed by atoms with Crippen LogP contribution in [0.5, 0.6) is 0 Å². The first kappa shape index (κ1) is 16.8. The zero-order valence-corrected chi connectivity index (χ0v) is 12.3. The molecule has 1 N–H and O–H groups in total. The number of carbonyl (C=O) groups excluding carboxylic acids is 1. The molecule has 6 heteroatoms. The lowest BCUT2D eigenvalue weighted by Crippen LogP contribution is -2.20. The number of furan rings is 1. The summed E-state index contributed by atoms with van der Waals surface area (Å²) in [6.07, 6.45) is 3.70. The van der Waals surface area contributed by atoms with Crippen LogP contribution in [0.25, 0.3) is 0 Å². The summed E-state index contributed by atoms with van der Waals surface area (Å²) < 4.78 is 15.1. The van der Waals surface area contributed by atoms with Crippen LogP contribution >= 0.6 is 0 Å². The fraction of sp³-hybridized carbons (Fsp3) is 0.467. The number of hydrogen-bond donors (Lipinski definition) is 1. The SMILES string of the molecule is CCOCCOC(=O)/C(C#N)=C(/CC)NCc1ccoc1. The smallest absolute Gasteiger partial charge is 0.350 e. The third kappa shape index (κ3) is 5.71. The number of nitrogens with zero attached hydrogens (tertiary/aromatic N) is 1. The number of allylic oxidation sites excluding steroid dienone is 1.